The minimum absolute atomic E-state index is 0.132. The number of carbonyl (C=O) groups excluding carboxylic acids is 1. The zero-order chi connectivity index (χ0) is 18.1. The van der Waals surface area contributed by atoms with Gasteiger partial charge in [-0.3, -0.25) is 4.79 Å². The number of carbonyl (C=O) groups is 1. The van der Waals surface area contributed by atoms with Crippen LogP contribution in [0.4, 0.5) is 5.69 Å². The Hall–Kier alpha value is -2.60. The van der Waals surface area contributed by atoms with Crippen molar-refractivity contribution < 1.29 is 14.1 Å². The second-order valence-electron chi connectivity index (χ2n) is 6.39. The fraction of sp³-hybridized carbons (Fsp3) is 0.316. The number of pyridine rings is 1. The number of fused-ring (bicyclic) bond motifs is 1. The average Bonchev–Trinajstić information content (AvgIpc) is 3.05. The van der Waals surface area contributed by atoms with Crippen molar-refractivity contribution in [3.63, 3.8) is 0 Å². The van der Waals surface area contributed by atoms with Crippen molar-refractivity contribution in [2.45, 2.75) is 25.9 Å². The number of benzene rings is 1. The Morgan fingerprint density at radius 2 is 2.00 bits per heavy atom. The third-order valence-corrected chi connectivity index (χ3v) is 4.93. The van der Waals surface area contributed by atoms with Gasteiger partial charge in [-0.15, -0.1) is 0 Å². The van der Waals surface area contributed by atoms with Gasteiger partial charge in [0.05, 0.1) is 22.3 Å². The first-order valence-electron chi connectivity index (χ1n) is 8.53. The second-order valence-corrected chi connectivity index (χ2v) is 6.82. The van der Waals surface area contributed by atoms with Crippen LogP contribution in [0.5, 0.6) is 5.75 Å². The van der Waals surface area contributed by atoms with E-state index in [4.69, 9.17) is 20.9 Å². The van der Waals surface area contributed by atoms with E-state index < -0.39 is 0 Å². The Bertz CT molecular complexity index is 931. The van der Waals surface area contributed by atoms with Gasteiger partial charge >= 0.3 is 0 Å². The normalized spacial score (nSPS) is 15.4. The van der Waals surface area contributed by atoms with Crippen LogP contribution < -0.4 is 9.64 Å². The van der Waals surface area contributed by atoms with Gasteiger partial charge in [0.15, 0.2) is 6.29 Å². The van der Waals surface area contributed by atoms with Gasteiger partial charge in [0, 0.05) is 37.2 Å². The summed E-state index contributed by atoms with van der Waals surface area (Å²) in [4.78, 5) is 17.9. The summed E-state index contributed by atoms with van der Waals surface area (Å²) in [7, 11) is 0. The predicted octanol–water partition coefficient (Wildman–Crippen LogP) is 4.04. The van der Waals surface area contributed by atoms with Gasteiger partial charge in [-0.25, -0.2) is 4.98 Å². The van der Waals surface area contributed by atoms with Crippen molar-refractivity contribution in [3.8, 4) is 5.75 Å². The van der Waals surface area contributed by atoms with E-state index in [-0.39, 0.29) is 6.10 Å². The molecule has 4 rings (SSSR count). The molecule has 1 saturated heterocycles. The summed E-state index contributed by atoms with van der Waals surface area (Å²) in [6, 6.07) is 7.41. The minimum Gasteiger partial charge on any atom is -0.490 e. The maximum Gasteiger partial charge on any atom is 0.260 e. The number of hydrogen-bond donors (Lipinski definition) is 0. The maximum atomic E-state index is 11.5. The number of aldehydes is 1. The molecular formula is C19H18ClN3O3. The third kappa shape index (κ3) is 3.12. The predicted molar refractivity (Wildman–Crippen MR) is 99.2 cm³/mol. The lowest BCUT2D eigenvalue weighted by atomic mass is 10.0. The molecule has 0 amide bonds. The molecule has 1 aliphatic rings. The smallest absolute Gasteiger partial charge is 0.260 e. The van der Waals surface area contributed by atoms with Crippen LogP contribution in [-0.2, 0) is 0 Å². The summed E-state index contributed by atoms with van der Waals surface area (Å²) in [5.41, 5.74) is 2.61. The molecule has 0 bridgehead atoms. The van der Waals surface area contributed by atoms with Crippen molar-refractivity contribution in [2.75, 3.05) is 18.0 Å². The van der Waals surface area contributed by atoms with E-state index in [2.05, 4.69) is 15.0 Å². The molecule has 0 aliphatic carbocycles. The number of anilines is 1. The Labute approximate surface area is 155 Å². The van der Waals surface area contributed by atoms with E-state index in [0.29, 0.717) is 16.3 Å². The molecule has 1 aromatic carbocycles. The molecule has 0 atom stereocenters. The Balaban J connectivity index is 1.53. The maximum absolute atomic E-state index is 11.5. The number of aryl methyl sites for hydroxylation is 1. The number of halogens is 1. The molecule has 0 N–H and O–H groups in total. The van der Waals surface area contributed by atoms with E-state index in [0.717, 1.165) is 54.7 Å². The van der Waals surface area contributed by atoms with Crippen LogP contribution in [0.1, 0.15) is 28.9 Å². The van der Waals surface area contributed by atoms with Crippen molar-refractivity contribution in [2.24, 2.45) is 0 Å². The van der Waals surface area contributed by atoms with Crippen LogP contribution in [-0.4, -0.2) is 35.6 Å². The molecule has 2 aromatic heterocycles. The number of piperidine rings is 1. The molecule has 134 valence electrons. The zero-order valence-corrected chi connectivity index (χ0v) is 15.1. The third-order valence-electron chi connectivity index (χ3n) is 4.68. The van der Waals surface area contributed by atoms with Crippen LogP contribution in [0.15, 0.2) is 35.0 Å². The summed E-state index contributed by atoms with van der Waals surface area (Å²) in [6.45, 7) is 3.42. The van der Waals surface area contributed by atoms with Crippen LogP contribution in [0.2, 0.25) is 5.02 Å². The van der Waals surface area contributed by atoms with Gasteiger partial charge in [-0.05, 0) is 31.2 Å². The Morgan fingerprint density at radius 3 is 2.69 bits per heavy atom. The van der Waals surface area contributed by atoms with Gasteiger partial charge in [-0.1, -0.05) is 16.8 Å². The Morgan fingerprint density at radius 1 is 1.27 bits per heavy atom. The lowest BCUT2D eigenvalue weighted by molar-refractivity contribution is 0.112. The van der Waals surface area contributed by atoms with Crippen molar-refractivity contribution in [3.05, 3.63) is 46.7 Å². The van der Waals surface area contributed by atoms with Gasteiger partial charge in [0.1, 0.15) is 11.9 Å². The van der Waals surface area contributed by atoms with E-state index in [1.165, 1.54) is 0 Å². The first-order valence-corrected chi connectivity index (χ1v) is 8.91. The van der Waals surface area contributed by atoms with Gasteiger partial charge in [0.25, 0.3) is 5.71 Å². The minimum atomic E-state index is 0.132. The van der Waals surface area contributed by atoms with Gasteiger partial charge in [0.2, 0.25) is 0 Å². The molecule has 7 heteroatoms. The largest absolute Gasteiger partial charge is 0.490 e. The number of ether oxygens (including phenoxy) is 1. The molecule has 3 heterocycles. The Kier molecular flexibility index (Phi) is 4.51. The lowest BCUT2D eigenvalue weighted by Gasteiger charge is -2.34. The quantitative estimate of drug-likeness (QED) is 0.644. The summed E-state index contributed by atoms with van der Waals surface area (Å²) in [5.74, 6) is 0.822. The highest BCUT2D eigenvalue weighted by Gasteiger charge is 2.26. The van der Waals surface area contributed by atoms with Gasteiger partial charge in [-0.2, -0.15) is 0 Å². The van der Waals surface area contributed by atoms with Crippen LogP contribution in [0.3, 0.4) is 0 Å². The summed E-state index contributed by atoms with van der Waals surface area (Å²) in [6.07, 6.45) is 4.23. The average molecular weight is 372 g/mol. The summed E-state index contributed by atoms with van der Waals surface area (Å²) >= 11 is 5.91. The molecule has 1 fully saturated rings. The number of rotatable bonds is 4. The van der Waals surface area contributed by atoms with E-state index >= 15 is 0 Å². The van der Waals surface area contributed by atoms with Gasteiger partial charge < -0.3 is 14.2 Å². The summed E-state index contributed by atoms with van der Waals surface area (Å²) in [5, 5.41) is 5.49. The van der Waals surface area contributed by atoms with E-state index in [1.54, 1.807) is 6.20 Å². The molecule has 6 nitrogen and oxygen atoms in total. The molecule has 0 saturated carbocycles. The molecule has 0 radical (unpaired) electrons. The summed E-state index contributed by atoms with van der Waals surface area (Å²) < 4.78 is 11.3. The van der Waals surface area contributed by atoms with Crippen molar-refractivity contribution in [1.29, 1.82) is 0 Å². The fourth-order valence-electron chi connectivity index (χ4n) is 3.38. The van der Waals surface area contributed by atoms with E-state index in [1.807, 2.05) is 31.2 Å². The van der Waals surface area contributed by atoms with Crippen LogP contribution in [0, 0.1) is 6.92 Å². The first-order chi connectivity index (χ1) is 12.7. The standard InChI is InChI=1S/C19H18ClN3O3/c1-12-17-18(13(11-24)10-21-19(17)26-22-12)23-8-6-16(7-9-23)25-15-4-2-14(20)3-5-15/h2-5,10-11,16H,6-9H2,1H3. The number of nitrogens with zero attached hydrogens (tertiary/aromatic N) is 3. The molecule has 0 spiro atoms. The van der Waals surface area contributed by atoms with Crippen LogP contribution in [0.25, 0.3) is 11.1 Å². The lowest BCUT2D eigenvalue weighted by Crippen LogP contribution is -2.38. The van der Waals surface area contributed by atoms with Crippen molar-refractivity contribution in [1.82, 2.24) is 10.1 Å². The highest BCUT2D eigenvalue weighted by molar-refractivity contribution is 6.30. The monoisotopic (exact) mass is 371 g/mol. The zero-order valence-electron chi connectivity index (χ0n) is 14.3. The SMILES string of the molecule is Cc1noc2ncc(C=O)c(N3CCC(Oc4ccc(Cl)cc4)CC3)c12. The topological polar surface area (TPSA) is 68.5 Å². The molecule has 26 heavy (non-hydrogen) atoms. The highest BCUT2D eigenvalue weighted by Crippen LogP contribution is 2.33. The molecule has 3 aromatic rings. The van der Waals surface area contributed by atoms with Crippen molar-refractivity contribution >= 4 is 34.7 Å². The number of hydrogen-bond acceptors (Lipinski definition) is 6. The molecule has 1 aliphatic heterocycles. The van der Waals surface area contributed by atoms with E-state index in [9.17, 15) is 4.79 Å². The number of aromatic nitrogens is 2. The fourth-order valence-corrected chi connectivity index (χ4v) is 3.51. The highest BCUT2D eigenvalue weighted by atomic mass is 35.5. The molecular weight excluding hydrogens is 354 g/mol. The second kappa shape index (κ2) is 6.96. The first kappa shape index (κ1) is 16.8. The molecule has 0 unspecified atom stereocenters. The van der Waals surface area contributed by atoms with Crippen LogP contribution >= 0.6 is 11.6 Å².